The fourth-order valence-corrected chi connectivity index (χ4v) is 2.78. The van der Waals surface area contributed by atoms with E-state index in [4.69, 9.17) is 11.6 Å². The summed E-state index contributed by atoms with van der Waals surface area (Å²) in [7, 11) is 0. The smallest absolute Gasteiger partial charge is 0.0643 e. The minimum atomic E-state index is 0.518. The first-order chi connectivity index (χ1) is 9.17. The highest BCUT2D eigenvalue weighted by atomic mass is 35.5. The summed E-state index contributed by atoms with van der Waals surface area (Å²) >= 11 is 6.47. The zero-order valence-electron chi connectivity index (χ0n) is 12.2. The van der Waals surface area contributed by atoms with Crippen LogP contribution in [-0.4, -0.2) is 18.6 Å². The van der Waals surface area contributed by atoms with Crippen LogP contribution in [0.25, 0.3) is 0 Å². The van der Waals surface area contributed by atoms with Gasteiger partial charge in [-0.3, -0.25) is 0 Å². The zero-order valence-corrected chi connectivity index (χ0v) is 13.0. The van der Waals surface area contributed by atoms with Crippen LogP contribution in [0.3, 0.4) is 0 Å². The van der Waals surface area contributed by atoms with E-state index in [1.54, 1.807) is 0 Å². The molecule has 1 saturated carbocycles. The number of halogens is 1. The molecule has 0 heterocycles. The largest absolute Gasteiger partial charge is 0.368 e. The lowest BCUT2D eigenvalue weighted by Gasteiger charge is -2.32. The summed E-state index contributed by atoms with van der Waals surface area (Å²) in [6.07, 6.45) is 3.77. The van der Waals surface area contributed by atoms with Crippen LogP contribution in [-0.2, 0) is 6.54 Å². The lowest BCUT2D eigenvalue weighted by atomic mass is 10.1. The van der Waals surface area contributed by atoms with Gasteiger partial charge in [0.25, 0.3) is 0 Å². The number of nitrogens with zero attached hydrogens (tertiary/aromatic N) is 1. The first-order valence-electron chi connectivity index (χ1n) is 7.44. The number of rotatable bonds is 7. The maximum absolute atomic E-state index is 6.47. The molecule has 0 aromatic heterocycles. The normalized spacial score (nSPS) is 16.4. The average molecular weight is 281 g/mol. The van der Waals surface area contributed by atoms with Gasteiger partial charge < -0.3 is 10.2 Å². The molecular formula is C16H25ClN2. The van der Waals surface area contributed by atoms with E-state index in [2.05, 4.69) is 43.1 Å². The molecule has 106 valence electrons. The first kappa shape index (κ1) is 14.7. The van der Waals surface area contributed by atoms with E-state index < -0.39 is 0 Å². The van der Waals surface area contributed by atoms with Gasteiger partial charge in [-0.25, -0.2) is 0 Å². The highest BCUT2D eigenvalue weighted by Gasteiger charge is 2.22. The summed E-state index contributed by atoms with van der Waals surface area (Å²) in [5.74, 6) is 0. The molecule has 1 atom stereocenters. The fraction of sp³-hybridized carbons (Fsp3) is 0.625. The van der Waals surface area contributed by atoms with Crippen LogP contribution in [0.4, 0.5) is 5.69 Å². The summed E-state index contributed by atoms with van der Waals surface area (Å²) in [4.78, 5) is 2.42. The van der Waals surface area contributed by atoms with E-state index >= 15 is 0 Å². The Balaban J connectivity index is 2.23. The predicted molar refractivity (Wildman–Crippen MR) is 84.1 cm³/mol. The van der Waals surface area contributed by atoms with Crippen molar-refractivity contribution in [2.75, 3.05) is 11.4 Å². The molecule has 0 aliphatic heterocycles. The summed E-state index contributed by atoms with van der Waals surface area (Å²) in [5, 5.41) is 4.46. The number of nitrogens with one attached hydrogen (secondary N) is 1. The van der Waals surface area contributed by atoms with E-state index in [-0.39, 0.29) is 0 Å². The monoisotopic (exact) mass is 280 g/mol. The quantitative estimate of drug-likeness (QED) is 0.805. The van der Waals surface area contributed by atoms with Crippen molar-refractivity contribution in [3.8, 4) is 0 Å². The minimum Gasteiger partial charge on any atom is -0.368 e. The second-order valence-corrected chi connectivity index (χ2v) is 5.85. The van der Waals surface area contributed by atoms with Crippen molar-refractivity contribution >= 4 is 17.3 Å². The van der Waals surface area contributed by atoms with Crippen LogP contribution in [0.15, 0.2) is 18.2 Å². The third kappa shape index (κ3) is 3.64. The van der Waals surface area contributed by atoms with Gasteiger partial charge in [-0.1, -0.05) is 30.7 Å². The molecule has 19 heavy (non-hydrogen) atoms. The van der Waals surface area contributed by atoms with Crippen molar-refractivity contribution < 1.29 is 0 Å². The topological polar surface area (TPSA) is 15.3 Å². The Kier molecular flexibility index (Phi) is 5.12. The highest BCUT2D eigenvalue weighted by molar-refractivity contribution is 6.33. The summed E-state index contributed by atoms with van der Waals surface area (Å²) < 4.78 is 0. The third-order valence-corrected chi connectivity index (χ3v) is 4.28. The van der Waals surface area contributed by atoms with Crippen molar-refractivity contribution in [1.82, 2.24) is 5.32 Å². The highest BCUT2D eigenvalue weighted by Crippen LogP contribution is 2.32. The third-order valence-electron chi connectivity index (χ3n) is 3.98. The molecule has 2 nitrogen and oxygen atoms in total. The van der Waals surface area contributed by atoms with Gasteiger partial charge in [0.15, 0.2) is 0 Å². The van der Waals surface area contributed by atoms with Crippen molar-refractivity contribution in [3.63, 3.8) is 0 Å². The van der Waals surface area contributed by atoms with Crippen molar-refractivity contribution in [2.24, 2.45) is 0 Å². The molecule has 1 aliphatic rings. The molecule has 0 amide bonds. The Labute approximate surface area is 122 Å². The fourth-order valence-electron chi connectivity index (χ4n) is 2.48. The van der Waals surface area contributed by atoms with Gasteiger partial charge >= 0.3 is 0 Å². The lowest BCUT2D eigenvalue weighted by molar-refractivity contribution is 0.621. The lowest BCUT2D eigenvalue weighted by Crippen LogP contribution is -2.34. The van der Waals surface area contributed by atoms with Gasteiger partial charge in [0, 0.05) is 25.2 Å². The zero-order chi connectivity index (χ0) is 13.8. The summed E-state index contributed by atoms with van der Waals surface area (Å²) in [6, 6.07) is 7.50. The molecule has 1 aromatic rings. The number of para-hydroxylation sites is 1. The number of hydrogen-bond acceptors (Lipinski definition) is 2. The van der Waals surface area contributed by atoms with Gasteiger partial charge in [0.05, 0.1) is 10.7 Å². The van der Waals surface area contributed by atoms with Crippen LogP contribution in [0.2, 0.25) is 5.02 Å². The van der Waals surface area contributed by atoms with Crippen molar-refractivity contribution in [2.45, 2.75) is 58.7 Å². The molecule has 0 saturated heterocycles. The van der Waals surface area contributed by atoms with E-state index in [0.29, 0.717) is 6.04 Å². The minimum absolute atomic E-state index is 0.518. The molecule has 1 aliphatic carbocycles. The first-order valence-corrected chi connectivity index (χ1v) is 7.82. The molecule has 1 fully saturated rings. The Hall–Kier alpha value is -0.730. The Bertz CT molecular complexity index is 415. The molecule has 1 N–H and O–H groups in total. The van der Waals surface area contributed by atoms with Crippen LogP contribution in [0.5, 0.6) is 0 Å². The van der Waals surface area contributed by atoms with Gasteiger partial charge in [-0.05, 0) is 44.7 Å². The summed E-state index contributed by atoms with van der Waals surface area (Å²) in [5.41, 5.74) is 2.54. The Morgan fingerprint density at radius 3 is 2.68 bits per heavy atom. The van der Waals surface area contributed by atoms with Gasteiger partial charge in [0.1, 0.15) is 0 Å². The van der Waals surface area contributed by atoms with Gasteiger partial charge in [-0.2, -0.15) is 0 Å². The maximum Gasteiger partial charge on any atom is 0.0643 e. The Morgan fingerprint density at radius 2 is 2.11 bits per heavy atom. The molecule has 0 spiro atoms. The Morgan fingerprint density at radius 1 is 1.37 bits per heavy atom. The van der Waals surface area contributed by atoms with Crippen molar-refractivity contribution in [1.29, 1.82) is 0 Å². The van der Waals surface area contributed by atoms with Crippen LogP contribution in [0.1, 0.15) is 45.6 Å². The van der Waals surface area contributed by atoms with Crippen molar-refractivity contribution in [3.05, 3.63) is 28.8 Å². The molecule has 1 unspecified atom stereocenters. The number of hydrogen-bond donors (Lipinski definition) is 1. The van der Waals surface area contributed by atoms with E-state index in [0.717, 1.165) is 30.6 Å². The van der Waals surface area contributed by atoms with E-state index in [1.165, 1.54) is 24.1 Å². The van der Waals surface area contributed by atoms with E-state index in [1.807, 2.05) is 6.07 Å². The second kappa shape index (κ2) is 6.62. The van der Waals surface area contributed by atoms with Gasteiger partial charge in [-0.15, -0.1) is 0 Å². The van der Waals surface area contributed by atoms with Crippen LogP contribution >= 0.6 is 11.6 Å². The molecule has 1 aromatic carbocycles. The number of anilines is 1. The molecule has 0 bridgehead atoms. The molecular weight excluding hydrogens is 256 g/mol. The summed E-state index contributed by atoms with van der Waals surface area (Å²) in [6.45, 7) is 8.62. The molecule has 0 radical (unpaired) electrons. The maximum atomic E-state index is 6.47. The predicted octanol–water partition coefficient (Wildman–Crippen LogP) is 4.22. The second-order valence-electron chi connectivity index (χ2n) is 5.45. The van der Waals surface area contributed by atoms with Crippen LogP contribution in [0, 0.1) is 0 Å². The van der Waals surface area contributed by atoms with Crippen LogP contribution < -0.4 is 10.2 Å². The SMILES string of the molecule is CCC(C)N(CC)c1c(Cl)cccc1CNC1CC1. The molecule has 3 heteroatoms. The average Bonchev–Trinajstić information content (AvgIpc) is 3.23. The molecule has 2 rings (SSSR count). The van der Waals surface area contributed by atoms with E-state index in [9.17, 15) is 0 Å². The number of benzene rings is 1. The van der Waals surface area contributed by atoms with Gasteiger partial charge in [0.2, 0.25) is 0 Å². The standard InChI is InChI=1S/C16H25ClN2/c1-4-12(3)19(5-2)16-13(7-6-8-15(16)17)11-18-14-9-10-14/h6-8,12,14,18H,4-5,9-11H2,1-3H3.